The molecule has 1 N–H and O–H groups in total. The SMILES string of the molecule is O=C(Nc1ccc2nc(Cc3ccccc3)n(Cc3ccc(Cl)cc3)c(=O)c2c1)c1ccccc1F. The van der Waals surface area contributed by atoms with E-state index in [0.29, 0.717) is 40.4 Å². The van der Waals surface area contributed by atoms with Gasteiger partial charge < -0.3 is 5.32 Å². The Kier molecular flexibility index (Phi) is 6.60. The van der Waals surface area contributed by atoms with Crippen LogP contribution in [0.4, 0.5) is 10.1 Å². The Labute approximate surface area is 211 Å². The normalized spacial score (nSPS) is 10.9. The van der Waals surface area contributed by atoms with Gasteiger partial charge in [0.05, 0.1) is 23.0 Å². The first-order valence-corrected chi connectivity index (χ1v) is 11.7. The lowest BCUT2D eigenvalue weighted by Crippen LogP contribution is -2.26. The lowest BCUT2D eigenvalue weighted by Gasteiger charge is -2.15. The van der Waals surface area contributed by atoms with E-state index in [0.717, 1.165) is 11.1 Å². The Bertz CT molecular complexity index is 1620. The number of nitrogens with zero attached hydrogens (tertiary/aromatic N) is 2. The molecule has 36 heavy (non-hydrogen) atoms. The largest absolute Gasteiger partial charge is 0.322 e. The minimum atomic E-state index is -0.617. The second-order valence-electron chi connectivity index (χ2n) is 8.37. The molecule has 0 radical (unpaired) electrons. The topological polar surface area (TPSA) is 64.0 Å². The van der Waals surface area contributed by atoms with Gasteiger partial charge in [0.2, 0.25) is 0 Å². The maximum Gasteiger partial charge on any atom is 0.261 e. The first-order valence-electron chi connectivity index (χ1n) is 11.4. The van der Waals surface area contributed by atoms with E-state index >= 15 is 0 Å². The van der Waals surface area contributed by atoms with Crippen LogP contribution in [0.5, 0.6) is 0 Å². The van der Waals surface area contributed by atoms with Crippen LogP contribution < -0.4 is 10.9 Å². The predicted octanol–water partition coefficient (Wildman–Crippen LogP) is 6.08. The van der Waals surface area contributed by atoms with E-state index in [4.69, 9.17) is 16.6 Å². The highest BCUT2D eigenvalue weighted by Crippen LogP contribution is 2.19. The summed E-state index contributed by atoms with van der Waals surface area (Å²) in [7, 11) is 0. The highest BCUT2D eigenvalue weighted by Gasteiger charge is 2.15. The zero-order valence-electron chi connectivity index (χ0n) is 19.1. The molecule has 1 heterocycles. The van der Waals surface area contributed by atoms with Crippen molar-refractivity contribution in [2.45, 2.75) is 13.0 Å². The van der Waals surface area contributed by atoms with Crippen LogP contribution in [0, 0.1) is 5.82 Å². The molecule has 0 unspecified atom stereocenters. The van der Waals surface area contributed by atoms with E-state index in [2.05, 4.69) is 5.32 Å². The summed E-state index contributed by atoms with van der Waals surface area (Å²) < 4.78 is 15.7. The summed E-state index contributed by atoms with van der Waals surface area (Å²) in [5.41, 5.74) is 2.52. The van der Waals surface area contributed by atoms with Gasteiger partial charge in [0.25, 0.3) is 11.5 Å². The van der Waals surface area contributed by atoms with Crippen LogP contribution in [0.2, 0.25) is 5.02 Å². The van der Waals surface area contributed by atoms with Gasteiger partial charge in [-0.25, -0.2) is 9.37 Å². The number of aromatic nitrogens is 2. The number of rotatable bonds is 6. The molecule has 0 saturated carbocycles. The smallest absolute Gasteiger partial charge is 0.261 e. The van der Waals surface area contributed by atoms with E-state index in [-0.39, 0.29) is 11.1 Å². The lowest BCUT2D eigenvalue weighted by atomic mass is 10.1. The summed E-state index contributed by atoms with van der Waals surface area (Å²) in [6.07, 6.45) is 0.478. The fraction of sp³-hybridized carbons (Fsp3) is 0.0690. The number of benzene rings is 4. The Balaban J connectivity index is 1.56. The fourth-order valence-electron chi connectivity index (χ4n) is 4.04. The molecule has 0 bridgehead atoms. The molecule has 5 rings (SSSR count). The number of hydrogen-bond donors (Lipinski definition) is 1. The number of halogens is 2. The molecule has 0 fully saturated rings. The van der Waals surface area contributed by atoms with Gasteiger partial charge >= 0.3 is 0 Å². The summed E-state index contributed by atoms with van der Waals surface area (Å²) in [4.78, 5) is 31.1. The molecule has 0 saturated heterocycles. The molecule has 0 aliphatic carbocycles. The van der Waals surface area contributed by atoms with Gasteiger partial charge in [0, 0.05) is 17.1 Å². The Morgan fingerprint density at radius 3 is 2.36 bits per heavy atom. The van der Waals surface area contributed by atoms with Gasteiger partial charge in [-0.1, -0.05) is 66.2 Å². The summed E-state index contributed by atoms with van der Waals surface area (Å²) in [5, 5.41) is 3.65. The molecule has 5 aromatic rings. The summed E-state index contributed by atoms with van der Waals surface area (Å²) in [6.45, 7) is 0.312. The van der Waals surface area contributed by atoms with Crippen LogP contribution >= 0.6 is 11.6 Å². The first-order chi connectivity index (χ1) is 17.5. The summed E-state index contributed by atoms with van der Waals surface area (Å²) >= 11 is 6.04. The molecule has 4 aromatic carbocycles. The van der Waals surface area contributed by atoms with Gasteiger partial charge in [-0.15, -0.1) is 0 Å². The second-order valence-corrected chi connectivity index (χ2v) is 8.81. The molecule has 178 valence electrons. The molecule has 7 heteroatoms. The highest BCUT2D eigenvalue weighted by molar-refractivity contribution is 6.30. The maximum absolute atomic E-state index is 14.0. The van der Waals surface area contributed by atoms with Crippen molar-refractivity contribution in [2.75, 3.05) is 5.32 Å². The van der Waals surface area contributed by atoms with Gasteiger partial charge in [-0.05, 0) is 53.6 Å². The molecule has 1 aromatic heterocycles. The van der Waals surface area contributed by atoms with E-state index in [1.54, 1.807) is 41.0 Å². The van der Waals surface area contributed by atoms with E-state index < -0.39 is 11.7 Å². The number of carbonyl (C=O) groups is 1. The highest BCUT2D eigenvalue weighted by atomic mass is 35.5. The molecule has 5 nitrogen and oxygen atoms in total. The van der Waals surface area contributed by atoms with Crippen LogP contribution in [-0.2, 0) is 13.0 Å². The monoisotopic (exact) mass is 497 g/mol. The van der Waals surface area contributed by atoms with Gasteiger partial charge in [-0.2, -0.15) is 0 Å². The van der Waals surface area contributed by atoms with Crippen molar-refractivity contribution >= 4 is 34.1 Å². The number of fused-ring (bicyclic) bond motifs is 1. The fourth-order valence-corrected chi connectivity index (χ4v) is 4.16. The zero-order chi connectivity index (χ0) is 25.1. The van der Waals surface area contributed by atoms with E-state index in [9.17, 15) is 14.0 Å². The van der Waals surface area contributed by atoms with Crippen LogP contribution in [0.3, 0.4) is 0 Å². The third-order valence-electron chi connectivity index (χ3n) is 5.87. The molecule has 0 spiro atoms. The van der Waals surface area contributed by atoms with Crippen LogP contribution in [-0.4, -0.2) is 15.5 Å². The summed E-state index contributed by atoms with van der Waals surface area (Å²) in [6, 6.07) is 27.8. The average molecular weight is 498 g/mol. The number of anilines is 1. The zero-order valence-corrected chi connectivity index (χ0v) is 19.9. The van der Waals surface area contributed by atoms with Crippen molar-refractivity contribution in [3.8, 4) is 0 Å². The van der Waals surface area contributed by atoms with E-state index in [1.807, 2.05) is 42.5 Å². The number of nitrogens with one attached hydrogen (secondary N) is 1. The molecule has 0 atom stereocenters. The van der Waals surface area contributed by atoms with Gasteiger partial charge in [0.15, 0.2) is 0 Å². The number of carbonyl (C=O) groups excluding carboxylic acids is 1. The third-order valence-corrected chi connectivity index (χ3v) is 6.12. The second kappa shape index (κ2) is 10.1. The van der Waals surface area contributed by atoms with Crippen molar-refractivity contribution in [3.63, 3.8) is 0 Å². The van der Waals surface area contributed by atoms with Crippen LogP contribution in [0.25, 0.3) is 10.9 Å². The quantitative estimate of drug-likeness (QED) is 0.309. The Morgan fingerprint density at radius 1 is 0.889 bits per heavy atom. The van der Waals surface area contributed by atoms with Crippen molar-refractivity contribution in [3.05, 3.63) is 141 Å². The van der Waals surface area contributed by atoms with Crippen LogP contribution in [0.1, 0.15) is 27.3 Å². The minimum Gasteiger partial charge on any atom is -0.322 e. The molecule has 1 amide bonds. The predicted molar refractivity (Wildman–Crippen MR) is 140 cm³/mol. The van der Waals surface area contributed by atoms with Gasteiger partial charge in [0.1, 0.15) is 11.6 Å². The molecular formula is C29H21ClFN3O2. The minimum absolute atomic E-state index is 0.0749. The maximum atomic E-state index is 14.0. The number of amides is 1. The van der Waals surface area contributed by atoms with E-state index in [1.165, 1.54) is 18.2 Å². The lowest BCUT2D eigenvalue weighted by molar-refractivity contribution is 0.102. The van der Waals surface area contributed by atoms with Crippen molar-refractivity contribution in [1.29, 1.82) is 0 Å². The summed E-state index contributed by atoms with van der Waals surface area (Å²) in [5.74, 6) is -0.590. The standard InChI is InChI=1S/C29H21ClFN3O2/c30-21-12-10-20(11-13-21)18-34-27(16-19-6-2-1-3-7-19)33-26-15-14-22(17-24(26)29(34)36)32-28(35)23-8-4-5-9-25(23)31/h1-15,17H,16,18H2,(H,32,35). The van der Waals surface area contributed by atoms with Gasteiger partial charge in [-0.3, -0.25) is 14.2 Å². The molecule has 0 aliphatic heterocycles. The van der Waals surface area contributed by atoms with Crippen LogP contribution in [0.15, 0.2) is 102 Å². The van der Waals surface area contributed by atoms with Crippen molar-refractivity contribution in [1.82, 2.24) is 9.55 Å². The number of hydrogen-bond acceptors (Lipinski definition) is 3. The van der Waals surface area contributed by atoms with Crippen molar-refractivity contribution < 1.29 is 9.18 Å². The molecule has 0 aliphatic rings. The third kappa shape index (κ3) is 5.04. The Hall–Kier alpha value is -4.29. The average Bonchev–Trinajstić information content (AvgIpc) is 2.89. The molecular weight excluding hydrogens is 477 g/mol. The van der Waals surface area contributed by atoms with Crippen molar-refractivity contribution in [2.24, 2.45) is 0 Å². The Morgan fingerprint density at radius 2 is 1.61 bits per heavy atom. The first kappa shape index (κ1) is 23.5.